The molecular weight excluding hydrogens is 268 g/mol. The van der Waals surface area contributed by atoms with E-state index in [9.17, 15) is 9.59 Å². The Labute approximate surface area is 126 Å². The number of urea groups is 1. The van der Waals surface area contributed by atoms with Crippen molar-refractivity contribution in [3.05, 3.63) is 29.8 Å². The summed E-state index contributed by atoms with van der Waals surface area (Å²) in [4.78, 5) is 25.4. The molecule has 2 amide bonds. The fraction of sp³-hybridized carbons (Fsp3) is 0.500. The highest BCUT2D eigenvalue weighted by atomic mass is 16.5. The summed E-state index contributed by atoms with van der Waals surface area (Å²) >= 11 is 0. The molecule has 1 aromatic carbocycles. The SMILES string of the molecule is CCOC(=O)CCN(C(=O)Nc1ccccc1C)C(C)C. The van der Waals surface area contributed by atoms with Gasteiger partial charge in [-0.3, -0.25) is 4.79 Å². The molecular formula is C16H24N2O3. The van der Waals surface area contributed by atoms with Gasteiger partial charge in [0.2, 0.25) is 0 Å². The van der Waals surface area contributed by atoms with Gasteiger partial charge in [0.25, 0.3) is 0 Å². The summed E-state index contributed by atoms with van der Waals surface area (Å²) < 4.78 is 4.89. The van der Waals surface area contributed by atoms with Crippen LogP contribution in [0.3, 0.4) is 0 Å². The van der Waals surface area contributed by atoms with Crippen molar-refractivity contribution in [2.75, 3.05) is 18.5 Å². The molecule has 5 heteroatoms. The zero-order chi connectivity index (χ0) is 15.8. The van der Waals surface area contributed by atoms with Crippen LogP contribution in [0.4, 0.5) is 10.5 Å². The first-order valence-corrected chi connectivity index (χ1v) is 7.24. The Morgan fingerprint density at radius 3 is 2.52 bits per heavy atom. The number of esters is 1. The van der Waals surface area contributed by atoms with Gasteiger partial charge in [-0.05, 0) is 39.3 Å². The van der Waals surface area contributed by atoms with Crippen molar-refractivity contribution in [2.24, 2.45) is 0 Å². The molecule has 0 aromatic heterocycles. The lowest BCUT2D eigenvalue weighted by Crippen LogP contribution is -2.41. The number of hydrogen-bond donors (Lipinski definition) is 1. The lowest BCUT2D eigenvalue weighted by atomic mass is 10.2. The summed E-state index contributed by atoms with van der Waals surface area (Å²) in [5.41, 5.74) is 1.78. The first-order valence-electron chi connectivity index (χ1n) is 7.24. The van der Waals surface area contributed by atoms with E-state index in [1.165, 1.54) is 0 Å². The highest BCUT2D eigenvalue weighted by molar-refractivity contribution is 5.90. The molecule has 1 N–H and O–H groups in total. The average Bonchev–Trinajstić information content (AvgIpc) is 2.41. The van der Waals surface area contributed by atoms with Gasteiger partial charge in [-0.2, -0.15) is 0 Å². The molecule has 0 radical (unpaired) electrons. The van der Waals surface area contributed by atoms with Crippen LogP contribution in [0.15, 0.2) is 24.3 Å². The van der Waals surface area contributed by atoms with Crippen molar-refractivity contribution in [1.29, 1.82) is 0 Å². The number of carbonyl (C=O) groups excluding carboxylic acids is 2. The number of amides is 2. The van der Waals surface area contributed by atoms with Gasteiger partial charge in [-0.25, -0.2) is 4.79 Å². The van der Waals surface area contributed by atoms with Crippen LogP contribution in [0.1, 0.15) is 32.8 Å². The number of anilines is 1. The standard InChI is InChI=1S/C16H24N2O3/c1-5-21-15(19)10-11-18(12(2)3)16(20)17-14-9-7-6-8-13(14)4/h6-9,12H,5,10-11H2,1-4H3,(H,17,20). The van der Waals surface area contributed by atoms with Crippen LogP contribution < -0.4 is 5.32 Å². The molecule has 116 valence electrons. The van der Waals surface area contributed by atoms with Crippen molar-refractivity contribution in [3.63, 3.8) is 0 Å². The third-order valence-corrected chi connectivity index (χ3v) is 3.13. The molecule has 0 aliphatic carbocycles. The predicted molar refractivity (Wildman–Crippen MR) is 83.3 cm³/mol. The van der Waals surface area contributed by atoms with E-state index in [1.807, 2.05) is 45.0 Å². The summed E-state index contributed by atoms with van der Waals surface area (Å²) in [6.07, 6.45) is 0.202. The number of aryl methyl sites for hydroxylation is 1. The first kappa shape index (κ1) is 17.0. The Morgan fingerprint density at radius 2 is 1.95 bits per heavy atom. The van der Waals surface area contributed by atoms with E-state index in [2.05, 4.69) is 5.32 Å². The summed E-state index contributed by atoms with van der Waals surface area (Å²) in [5, 5.41) is 2.88. The molecule has 0 fully saturated rings. The number of ether oxygens (including phenoxy) is 1. The number of nitrogens with zero attached hydrogens (tertiary/aromatic N) is 1. The minimum atomic E-state index is -0.285. The second-order valence-electron chi connectivity index (χ2n) is 5.09. The number of para-hydroxylation sites is 1. The molecule has 1 rings (SSSR count). The van der Waals surface area contributed by atoms with Crippen molar-refractivity contribution in [1.82, 2.24) is 4.90 Å². The van der Waals surface area contributed by atoms with E-state index in [4.69, 9.17) is 4.74 Å². The van der Waals surface area contributed by atoms with Gasteiger partial charge < -0.3 is 15.0 Å². The van der Waals surface area contributed by atoms with Gasteiger partial charge in [0, 0.05) is 18.3 Å². The Kier molecular flexibility index (Phi) is 6.72. The minimum absolute atomic E-state index is 0.00319. The fourth-order valence-electron chi connectivity index (χ4n) is 1.94. The van der Waals surface area contributed by atoms with E-state index in [1.54, 1.807) is 11.8 Å². The van der Waals surface area contributed by atoms with E-state index in [0.717, 1.165) is 11.3 Å². The van der Waals surface area contributed by atoms with Crippen LogP contribution in [0.25, 0.3) is 0 Å². The first-order chi connectivity index (χ1) is 9.95. The Hall–Kier alpha value is -2.04. The van der Waals surface area contributed by atoms with Crippen LogP contribution in [0.2, 0.25) is 0 Å². The molecule has 0 spiro atoms. The monoisotopic (exact) mass is 292 g/mol. The zero-order valence-corrected chi connectivity index (χ0v) is 13.2. The number of nitrogens with one attached hydrogen (secondary N) is 1. The van der Waals surface area contributed by atoms with Crippen LogP contribution in [0.5, 0.6) is 0 Å². The van der Waals surface area contributed by atoms with Crippen molar-refractivity contribution < 1.29 is 14.3 Å². The molecule has 0 heterocycles. The van der Waals surface area contributed by atoms with Crippen molar-refractivity contribution in [3.8, 4) is 0 Å². The molecule has 0 unspecified atom stereocenters. The Morgan fingerprint density at radius 1 is 1.29 bits per heavy atom. The van der Waals surface area contributed by atoms with E-state index in [0.29, 0.717) is 13.2 Å². The van der Waals surface area contributed by atoms with Crippen molar-refractivity contribution in [2.45, 2.75) is 40.2 Å². The van der Waals surface area contributed by atoms with Crippen molar-refractivity contribution >= 4 is 17.7 Å². The van der Waals surface area contributed by atoms with Crippen LogP contribution in [-0.2, 0) is 9.53 Å². The maximum atomic E-state index is 12.3. The van der Waals surface area contributed by atoms with Gasteiger partial charge in [0.15, 0.2) is 0 Å². The summed E-state index contributed by atoms with van der Waals surface area (Å²) in [7, 11) is 0. The molecule has 0 atom stereocenters. The van der Waals surface area contributed by atoms with E-state index < -0.39 is 0 Å². The normalized spacial score (nSPS) is 10.3. The smallest absolute Gasteiger partial charge is 0.322 e. The largest absolute Gasteiger partial charge is 0.466 e. The number of hydrogen-bond acceptors (Lipinski definition) is 3. The molecule has 21 heavy (non-hydrogen) atoms. The Balaban J connectivity index is 2.66. The maximum Gasteiger partial charge on any atom is 0.322 e. The third-order valence-electron chi connectivity index (χ3n) is 3.13. The lowest BCUT2D eigenvalue weighted by molar-refractivity contribution is -0.143. The number of rotatable bonds is 6. The molecule has 0 bridgehead atoms. The topological polar surface area (TPSA) is 58.6 Å². The van der Waals surface area contributed by atoms with Gasteiger partial charge in [0.1, 0.15) is 0 Å². The zero-order valence-electron chi connectivity index (χ0n) is 13.2. The molecule has 0 saturated heterocycles. The summed E-state index contributed by atoms with van der Waals surface area (Å²) in [5.74, 6) is -0.285. The van der Waals surface area contributed by atoms with E-state index >= 15 is 0 Å². The van der Waals surface area contributed by atoms with Crippen LogP contribution >= 0.6 is 0 Å². The second kappa shape index (κ2) is 8.29. The molecule has 0 saturated carbocycles. The third kappa shape index (κ3) is 5.45. The van der Waals surface area contributed by atoms with E-state index in [-0.39, 0.29) is 24.5 Å². The predicted octanol–water partition coefficient (Wildman–Crippen LogP) is 3.19. The summed E-state index contributed by atoms with van der Waals surface area (Å²) in [6, 6.07) is 7.39. The fourth-order valence-corrected chi connectivity index (χ4v) is 1.94. The maximum absolute atomic E-state index is 12.3. The van der Waals surface area contributed by atoms with Gasteiger partial charge in [-0.15, -0.1) is 0 Å². The Bertz CT molecular complexity index is 486. The summed E-state index contributed by atoms with van der Waals surface area (Å²) in [6.45, 7) is 8.24. The van der Waals surface area contributed by atoms with Gasteiger partial charge in [0.05, 0.1) is 13.0 Å². The van der Waals surface area contributed by atoms with Gasteiger partial charge >= 0.3 is 12.0 Å². The quantitative estimate of drug-likeness (QED) is 0.819. The van der Waals surface area contributed by atoms with Crippen LogP contribution in [0, 0.1) is 6.92 Å². The molecule has 0 aliphatic heterocycles. The number of carbonyl (C=O) groups is 2. The molecule has 0 aliphatic rings. The lowest BCUT2D eigenvalue weighted by Gasteiger charge is -2.27. The highest BCUT2D eigenvalue weighted by Gasteiger charge is 2.18. The average molecular weight is 292 g/mol. The molecule has 5 nitrogen and oxygen atoms in total. The second-order valence-corrected chi connectivity index (χ2v) is 5.09. The highest BCUT2D eigenvalue weighted by Crippen LogP contribution is 2.14. The molecule has 1 aromatic rings. The van der Waals surface area contributed by atoms with Gasteiger partial charge in [-0.1, -0.05) is 18.2 Å². The minimum Gasteiger partial charge on any atom is -0.466 e. The van der Waals surface area contributed by atoms with Crippen LogP contribution in [-0.4, -0.2) is 36.1 Å². The number of benzene rings is 1.